The molecule has 8 heteroatoms. The fourth-order valence-electron chi connectivity index (χ4n) is 2.52. The van der Waals surface area contributed by atoms with Crippen LogP contribution in [-0.4, -0.2) is 55.3 Å². The Labute approximate surface area is 160 Å². The molecule has 0 bridgehead atoms. The molecule has 0 atom stereocenters. The van der Waals surface area contributed by atoms with E-state index in [0.717, 1.165) is 41.5 Å². The van der Waals surface area contributed by atoms with Crippen molar-refractivity contribution in [2.75, 3.05) is 49.6 Å². The summed E-state index contributed by atoms with van der Waals surface area (Å²) in [4.78, 5) is 22.9. The van der Waals surface area contributed by atoms with Crippen LogP contribution in [-0.2, 0) is 4.74 Å². The van der Waals surface area contributed by atoms with Gasteiger partial charge >= 0.3 is 0 Å². The normalized spacial score (nSPS) is 14.2. The van der Waals surface area contributed by atoms with Crippen LogP contribution in [0.25, 0.3) is 0 Å². The van der Waals surface area contributed by atoms with Gasteiger partial charge in [-0.05, 0) is 34.7 Å². The minimum Gasteiger partial charge on any atom is -0.378 e. The molecule has 1 aromatic carbocycles. The summed E-state index contributed by atoms with van der Waals surface area (Å²) in [5.41, 5.74) is 0.694. The van der Waals surface area contributed by atoms with Gasteiger partial charge in [0.25, 0.3) is 5.91 Å². The number of halogens is 1. The van der Waals surface area contributed by atoms with Crippen molar-refractivity contribution in [3.63, 3.8) is 0 Å². The molecule has 3 rings (SSSR count). The van der Waals surface area contributed by atoms with Gasteiger partial charge in [-0.15, -0.1) is 0 Å². The molecule has 1 amide bonds. The molecule has 2 heterocycles. The van der Waals surface area contributed by atoms with Crippen LogP contribution in [0.2, 0.25) is 0 Å². The number of hydrogen-bond acceptors (Lipinski definition) is 6. The highest BCUT2D eigenvalue weighted by Gasteiger charge is 2.13. The van der Waals surface area contributed by atoms with Crippen LogP contribution in [0.15, 0.2) is 36.7 Å². The molecule has 1 aliphatic heterocycles. The summed E-state index contributed by atoms with van der Waals surface area (Å²) in [6.45, 7) is 4.22. The minimum atomic E-state index is -0.0662. The van der Waals surface area contributed by atoms with E-state index in [4.69, 9.17) is 4.74 Å². The van der Waals surface area contributed by atoms with E-state index in [1.54, 1.807) is 6.33 Å². The summed E-state index contributed by atoms with van der Waals surface area (Å²) in [5, 5.41) is 6.13. The quantitative estimate of drug-likeness (QED) is 0.513. The maximum atomic E-state index is 12.1. The fraction of sp³-hybridized carbons (Fsp3) is 0.353. The Balaban J connectivity index is 1.47. The van der Waals surface area contributed by atoms with E-state index >= 15 is 0 Å². The van der Waals surface area contributed by atoms with E-state index in [1.807, 2.05) is 30.3 Å². The number of hydrogen-bond donors (Lipinski definition) is 2. The van der Waals surface area contributed by atoms with Crippen molar-refractivity contribution in [3.05, 3.63) is 45.8 Å². The van der Waals surface area contributed by atoms with Crippen molar-refractivity contribution in [1.82, 2.24) is 15.3 Å². The van der Waals surface area contributed by atoms with Crippen molar-refractivity contribution in [2.45, 2.75) is 0 Å². The number of ether oxygens (including phenoxy) is 1. The molecular weight excluding hydrogens is 433 g/mol. The summed E-state index contributed by atoms with van der Waals surface area (Å²) in [6.07, 6.45) is 1.55. The SMILES string of the molecule is O=C(NCCNc1cc(N2CCOCC2)ncn1)c1ccccc1I. The van der Waals surface area contributed by atoms with Crippen LogP contribution in [0.1, 0.15) is 10.4 Å². The van der Waals surface area contributed by atoms with Gasteiger partial charge in [0, 0.05) is 35.8 Å². The molecular formula is C17H20IN5O2. The van der Waals surface area contributed by atoms with Crippen molar-refractivity contribution in [3.8, 4) is 0 Å². The first kappa shape index (κ1) is 17.9. The van der Waals surface area contributed by atoms with E-state index in [9.17, 15) is 4.79 Å². The van der Waals surface area contributed by atoms with Crippen LogP contribution >= 0.6 is 22.6 Å². The molecule has 132 valence electrons. The van der Waals surface area contributed by atoms with Crippen molar-refractivity contribution < 1.29 is 9.53 Å². The van der Waals surface area contributed by atoms with Crippen molar-refractivity contribution in [1.29, 1.82) is 0 Å². The van der Waals surface area contributed by atoms with E-state index in [-0.39, 0.29) is 5.91 Å². The van der Waals surface area contributed by atoms with Gasteiger partial charge in [-0.3, -0.25) is 4.79 Å². The number of benzene rings is 1. The molecule has 0 unspecified atom stereocenters. The van der Waals surface area contributed by atoms with Crippen LogP contribution in [0.4, 0.5) is 11.6 Å². The van der Waals surface area contributed by atoms with Gasteiger partial charge in [-0.2, -0.15) is 0 Å². The molecule has 7 nitrogen and oxygen atoms in total. The van der Waals surface area contributed by atoms with Gasteiger partial charge < -0.3 is 20.3 Å². The Morgan fingerprint density at radius 2 is 2.00 bits per heavy atom. The number of aromatic nitrogens is 2. The van der Waals surface area contributed by atoms with E-state index in [1.165, 1.54) is 0 Å². The van der Waals surface area contributed by atoms with E-state index in [2.05, 4.69) is 48.1 Å². The third-order valence-electron chi connectivity index (χ3n) is 3.82. The maximum absolute atomic E-state index is 12.1. The Morgan fingerprint density at radius 3 is 2.80 bits per heavy atom. The van der Waals surface area contributed by atoms with E-state index in [0.29, 0.717) is 18.7 Å². The predicted molar refractivity (Wildman–Crippen MR) is 105 cm³/mol. The number of carbonyl (C=O) groups is 1. The zero-order valence-electron chi connectivity index (χ0n) is 13.7. The standard InChI is InChI=1S/C17H20IN5O2/c18-14-4-2-1-3-13(14)17(24)20-6-5-19-15-11-16(22-12-21-15)23-7-9-25-10-8-23/h1-4,11-12H,5-10H2,(H,20,24)(H,19,21,22). The summed E-state index contributed by atoms with van der Waals surface area (Å²) in [7, 11) is 0. The fourth-order valence-corrected chi connectivity index (χ4v) is 3.15. The Morgan fingerprint density at radius 1 is 1.20 bits per heavy atom. The second kappa shape index (κ2) is 8.95. The van der Waals surface area contributed by atoms with Gasteiger partial charge in [-0.25, -0.2) is 9.97 Å². The Kier molecular flexibility index (Phi) is 6.40. The lowest BCUT2D eigenvalue weighted by Gasteiger charge is -2.27. The zero-order chi connectivity index (χ0) is 17.5. The number of morpholine rings is 1. The Bertz CT molecular complexity index is 722. The highest BCUT2D eigenvalue weighted by molar-refractivity contribution is 14.1. The largest absolute Gasteiger partial charge is 0.378 e. The van der Waals surface area contributed by atoms with Gasteiger partial charge in [0.15, 0.2) is 0 Å². The molecule has 0 saturated carbocycles. The molecule has 2 N–H and O–H groups in total. The van der Waals surface area contributed by atoms with Crippen LogP contribution in [0.5, 0.6) is 0 Å². The second-order valence-electron chi connectivity index (χ2n) is 5.52. The number of amides is 1. The highest BCUT2D eigenvalue weighted by Crippen LogP contribution is 2.15. The van der Waals surface area contributed by atoms with Gasteiger partial charge in [0.05, 0.1) is 18.8 Å². The predicted octanol–water partition coefficient (Wildman–Crippen LogP) is 1.76. The molecule has 0 radical (unpaired) electrons. The number of rotatable bonds is 6. The van der Waals surface area contributed by atoms with Crippen LogP contribution in [0, 0.1) is 3.57 Å². The number of anilines is 2. The smallest absolute Gasteiger partial charge is 0.252 e. The number of nitrogens with one attached hydrogen (secondary N) is 2. The summed E-state index contributed by atoms with van der Waals surface area (Å²) in [5.74, 6) is 1.58. The van der Waals surface area contributed by atoms with Crippen molar-refractivity contribution in [2.24, 2.45) is 0 Å². The lowest BCUT2D eigenvalue weighted by molar-refractivity contribution is 0.0954. The van der Waals surface area contributed by atoms with Crippen molar-refractivity contribution >= 4 is 40.1 Å². The third-order valence-corrected chi connectivity index (χ3v) is 4.76. The monoisotopic (exact) mass is 453 g/mol. The number of nitrogens with zero attached hydrogens (tertiary/aromatic N) is 3. The average Bonchev–Trinajstić information content (AvgIpc) is 2.66. The van der Waals surface area contributed by atoms with Gasteiger partial charge in [-0.1, -0.05) is 12.1 Å². The minimum absolute atomic E-state index is 0.0662. The van der Waals surface area contributed by atoms with Crippen LogP contribution < -0.4 is 15.5 Å². The van der Waals surface area contributed by atoms with Crippen LogP contribution in [0.3, 0.4) is 0 Å². The zero-order valence-corrected chi connectivity index (χ0v) is 15.9. The lowest BCUT2D eigenvalue weighted by atomic mass is 10.2. The first-order chi connectivity index (χ1) is 12.2. The first-order valence-corrected chi connectivity index (χ1v) is 9.23. The topological polar surface area (TPSA) is 79.4 Å². The molecule has 25 heavy (non-hydrogen) atoms. The highest BCUT2D eigenvalue weighted by atomic mass is 127. The molecule has 1 aromatic heterocycles. The molecule has 2 aromatic rings. The van der Waals surface area contributed by atoms with Gasteiger partial charge in [0.1, 0.15) is 18.0 Å². The Hall–Kier alpha value is -1.94. The maximum Gasteiger partial charge on any atom is 0.252 e. The average molecular weight is 453 g/mol. The summed E-state index contributed by atoms with van der Waals surface area (Å²) < 4.78 is 6.30. The summed E-state index contributed by atoms with van der Waals surface area (Å²) >= 11 is 2.16. The third kappa shape index (κ3) is 5.02. The first-order valence-electron chi connectivity index (χ1n) is 8.15. The molecule has 0 spiro atoms. The second-order valence-corrected chi connectivity index (χ2v) is 6.69. The molecule has 1 saturated heterocycles. The molecule has 0 aliphatic carbocycles. The number of carbonyl (C=O) groups excluding carboxylic acids is 1. The molecule has 1 fully saturated rings. The van der Waals surface area contributed by atoms with E-state index < -0.39 is 0 Å². The van der Waals surface area contributed by atoms with Gasteiger partial charge in [0.2, 0.25) is 0 Å². The summed E-state index contributed by atoms with van der Waals surface area (Å²) in [6, 6.07) is 9.45. The lowest BCUT2D eigenvalue weighted by Crippen LogP contribution is -2.36. The molecule has 1 aliphatic rings.